The Labute approximate surface area is 133 Å². The molecule has 0 aliphatic carbocycles. The largest absolute Gasteiger partial charge is 0.460 e. The molecule has 0 saturated heterocycles. The highest BCUT2D eigenvalue weighted by molar-refractivity contribution is 5.73. The van der Waals surface area contributed by atoms with Crippen molar-refractivity contribution < 1.29 is 14.6 Å². The number of benzene rings is 1. The zero-order valence-electron chi connectivity index (χ0n) is 14.5. The van der Waals surface area contributed by atoms with Gasteiger partial charge < -0.3 is 15.6 Å². The molecule has 1 unspecified atom stereocenters. The van der Waals surface area contributed by atoms with E-state index in [1.165, 1.54) is 5.56 Å². The number of hydrogen-bond acceptors (Lipinski definition) is 4. The first kappa shape index (κ1) is 18.7. The second-order valence-electron chi connectivity index (χ2n) is 7.78. The lowest BCUT2D eigenvalue weighted by Crippen LogP contribution is -2.40. The van der Waals surface area contributed by atoms with Gasteiger partial charge in [0, 0.05) is 0 Å². The van der Waals surface area contributed by atoms with Crippen LogP contribution in [0.2, 0.25) is 0 Å². The van der Waals surface area contributed by atoms with Gasteiger partial charge in [0.1, 0.15) is 11.8 Å². The molecular formula is C18H29NO3. The van der Waals surface area contributed by atoms with Gasteiger partial charge >= 0.3 is 5.97 Å². The predicted octanol–water partition coefficient (Wildman–Crippen LogP) is 2.76. The van der Waals surface area contributed by atoms with Gasteiger partial charge in [-0.05, 0) is 43.7 Å². The Morgan fingerprint density at radius 2 is 1.64 bits per heavy atom. The van der Waals surface area contributed by atoms with Crippen molar-refractivity contribution in [3.63, 3.8) is 0 Å². The summed E-state index contributed by atoms with van der Waals surface area (Å²) in [7, 11) is 0. The molecule has 4 heteroatoms. The Morgan fingerprint density at radius 1 is 1.14 bits per heavy atom. The first-order valence-corrected chi connectivity index (χ1v) is 7.66. The van der Waals surface area contributed by atoms with Crippen LogP contribution in [0.5, 0.6) is 0 Å². The van der Waals surface area contributed by atoms with Crippen LogP contribution in [-0.4, -0.2) is 22.9 Å². The van der Waals surface area contributed by atoms with Crippen molar-refractivity contribution >= 4 is 5.97 Å². The molecule has 2 atom stereocenters. The van der Waals surface area contributed by atoms with E-state index in [-0.39, 0.29) is 5.41 Å². The summed E-state index contributed by atoms with van der Waals surface area (Å²) in [6.45, 7) is 11.8. The standard InChI is InChI=1S/C18H29NO3/c1-17(2,3)13-9-7-12(8-10-13)11-14(15(19)20)16(21)22-18(4,5)6/h7-10,14-15,20H,11,19H2,1-6H3/t14-,15?/m0/s1. The minimum Gasteiger partial charge on any atom is -0.460 e. The Balaban J connectivity index is 2.86. The molecule has 3 N–H and O–H groups in total. The summed E-state index contributed by atoms with van der Waals surface area (Å²) in [5, 5.41) is 9.70. The van der Waals surface area contributed by atoms with E-state index in [2.05, 4.69) is 20.8 Å². The summed E-state index contributed by atoms with van der Waals surface area (Å²) in [6, 6.07) is 8.04. The minimum absolute atomic E-state index is 0.0798. The molecule has 0 fully saturated rings. The molecule has 4 nitrogen and oxygen atoms in total. The minimum atomic E-state index is -1.24. The molecule has 0 aliphatic rings. The van der Waals surface area contributed by atoms with Gasteiger partial charge in [0.15, 0.2) is 0 Å². The topological polar surface area (TPSA) is 72.5 Å². The number of aliphatic hydroxyl groups excluding tert-OH is 1. The second-order valence-corrected chi connectivity index (χ2v) is 7.78. The zero-order valence-corrected chi connectivity index (χ0v) is 14.5. The quantitative estimate of drug-likeness (QED) is 0.663. The van der Waals surface area contributed by atoms with E-state index >= 15 is 0 Å². The summed E-state index contributed by atoms with van der Waals surface area (Å²) in [5.74, 6) is -1.23. The van der Waals surface area contributed by atoms with E-state index in [0.29, 0.717) is 6.42 Å². The molecule has 0 aromatic heterocycles. The van der Waals surface area contributed by atoms with Crippen molar-refractivity contribution in [3.8, 4) is 0 Å². The van der Waals surface area contributed by atoms with Crippen molar-refractivity contribution in [2.75, 3.05) is 0 Å². The maximum absolute atomic E-state index is 12.2. The number of rotatable bonds is 4. The van der Waals surface area contributed by atoms with Gasteiger partial charge in [0.25, 0.3) is 0 Å². The van der Waals surface area contributed by atoms with Gasteiger partial charge in [-0.15, -0.1) is 0 Å². The molecular weight excluding hydrogens is 278 g/mol. The van der Waals surface area contributed by atoms with E-state index in [1.54, 1.807) is 20.8 Å². The van der Waals surface area contributed by atoms with Crippen LogP contribution in [0.3, 0.4) is 0 Å². The Morgan fingerprint density at radius 3 is 2.00 bits per heavy atom. The molecule has 0 bridgehead atoms. The Hall–Kier alpha value is -1.39. The van der Waals surface area contributed by atoms with E-state index in [1.807, 2.05) is 24.3 Å². The highest BCUT2D eigenvalue weighted by atomic mass is 16.6. The molecule has 1 aromatic carbocycles. The number of esters is 1. The number of nitrogens with two attached hydrogens (primary N) is 1. The average molecular weight is 307 g/mol. The van der Waals surface area contributed by atoms with Crippen LogP contribution in [0.25, 0.3) is 0 Å². The van der Waals surface area contributed by atoms with Gasteiger partial charge in [0.05, 0.1) is 5.92 Å². The first-order chi connectivity index (χ1) is 9.90. The third kappa shape index (κ3) is 5.78. The van der Waals surface area contributed by atoms with Gasteiger partial charge in [-0.2, -0.15) is 0 Å². The van der Waals surface area contributed by atoms with Crippen LogP contribution in [0.1, 0.15) is 52.7 Å². The normalized spacial score (nSPS) is 15.3. The van der Waals surface area contributed by atoms with Gasteiger partial charge in [-0.1, -0.05) is 45.0 Å². The fourth-order valence-corrected chi connectivity index (χ4v) is 2.12. The van der Waals surface area contributed by atoms with E-state index < -0.39 is 23.7 Å². The molecule has 0 aliphatic heterocycles. The Bertz CT molecular complexity index is 493. The SMILES string of the molecule is CC(C)(C)OC(=O)[C@@H](Cc1ccc(C(C)(C)C)cc1)C(N)O. The highest BCUT2D eigenvalue weighted by Crippen LogP contribution is 2.23. The second kappa shape index (κ2) is 6.80. The molecule has 0 amide bonds. The van der Waals surface area contributed by atoms with Crippen LogP contribution in [0.4, 0.5) is 0 Å². The van der Waals surface area contributed by atoms with Crippen molar-refractivity contribution in [2.45, 2.75) is 65.2 Å². The Kier molecular flexibility index (Phi) is 5.76. The molecule has 0 spiro atoms. The van der Waals surface area contributed by atoms with Crippen LogP contribution in [0.15, 0.2) is 24.3 Å². The number of ether oxygens (including phenoxy) is 1. The lowest BCUT2D eigenvalue weighted by molar-refractivity contribution is -0.163. The monoisotopic (exact) mass is 307 g/mol. The predicted molar refractivity (Wildman–Crippen MR) is 88.4 cm³/mol. The van der Waals surface area contributed by atoms with Crippen molar-refractivity contribution in [2.24, 2.45) is 11.7 Å². The van der Waals surface area contributed by atoms with E-state index in [4.69, 9.17) is 10.5 Å². The first-order valence-electron chi connectivity index (χ1n) is 7.66. The summed E-state index contributed by atoms with van der Waals surface area (Å²) < 4.78 is 5.33. The average Bonchev–Trinajstić information content (AvgIpc) is 2.32. The molecule has 0 heterocycles. The van der Waals surface area contributed by atoms with Gasteiger partial charge in [-0.3, -0.25) is 4.79 Å². The van der Waals surface area contributed by atoms with Crippen molar-refractivity contribution in [1.29, 1.82) is 0 Å². The molecule has 124 valence electrons. The van der Waals surface area contributed by atoms with Crippen LogP contribution in [0, 0.1) is 5.92 Å². The van der Waals surface area contributed by atoms with Crippen molar-refractivity contribution in [1.82, 2.24) is 0 Å². The fraction of sp³-hybridized carbons (Fsp3) is 0.611. The maximum atomic E-state index is 12.2. The van der Waals surface area contributed by atoms with E-state index in [0.717, 1.165) is 5.56 Å². The number of carbonyl (C=O) groups is 1. The molecule has 1 aromatic rings. The summed E-state index contributed by atoms with van der Waals surface area (Å²) >= 11 is 0. The fourth-order valence-electron chi connectivity index (χ4n) is 2.12. The lowest BCUT2D eigenvalue weighted by Gasteiger charge is -2.25. The molecule has 22 heavy (non-hydrogen) atoms. The smallest absolute Gasteiger partial charge is 0.313 e. The third-order valence-corrected chi connectivity index (χ3v) is 3.40. The van der Waals surface area contributed by atoms with E-state index in [9.17, 15) is 9.90 Å². The third-order valence-electron chi connectivity index (χ3n) is 3.40. The zero-order chi connectivity index (χ0) is 17.1. The molecule has 0 radical (unpaired) electrons. The van der Waals surface area contributed by atoms with Gasteiger partial charge in [-0.25, -0.2) is 0 Å². The number of carbonyl (C=O) groups excluding carboxylic acids is 1. The lowest BCUT2D eigenvalue weighted by atomic mass is 9.86. The van der Waals surface area contributed by atoms with Crippen molar-refractivity contribution in [3.05, 3.63) is 35.4 Å². The van der Waals surface area contributed by atoms with Crippen LogP contribution in [-0.2, 0) is 21.4 Å². The summed E-state index contributed by atoms with van der Waals surface area (Å²) in [4.78, 5) is 12.2. The van der Waals surface area contributed by atoms with Gasteiger partial charge in [0.2, 0.25) is 0 Å². The molecule has 0 saturated carbocycles. The number of hydrogen-bond donors (Lipinski definition) is 2. The van der Waals surface area contributed by atoms with Crippen LogP contribution < -0.4 is 5.73 Å². The summed E-state index contributed by atoms with van der Waals surface area (Å²) in [6.07, 6.45) is -0.881. The number of aliphatic hydroxyl groups is 1. The molecule has 1 rings (SSSR count). The summed E-state index contributed by atoms with van der Waals surface area (Å²) in [5.41, 5.74) is 7.21. The van der Waals surface area contributed by atoms with Crippen LogP contribution >= 0.6 is 0 Å². The highest BCUT2D eigenvalue weighted by Gasteiger charge is 2.29. The maximum Gasteiger partial charge on any atom is 0.313 e.